The summed E-state index contributed by atoms with van der Waals surface area (Å²) in [4.78, 5) is 11.2. The molecule has 0 bridgehead atoms. The van der Waals surface area contributed by atoms with Gasteiger partial charge in [-0.25, -0.2) is 0 Å². The molecule has 3 heteroatoms. The molecule has 0 saturated carbocycles. The van der Waals surface area contributed by atoms with Crippen molar-refractivity contribution in [1.29, 1.82) is 0 Å². The Bertz CT molecular complexity index is 828. The van der Waals surface area contributed by atoms with Gasteiger partial charge in [-0.1, -0.05) is 63.7 Å². The maximum Gasteiger partial charge on any atom is 0.159 e. The summed E-state index contributed by atoms with van der Waals surface area (Å²) in [6, 6.07) is 20.4. The van der Waals surface area contributed by atoms with Gasteiger partial charge in [0, 0.05) is 19.8 Å². The van der Waals surface area contributed by atoms with E-state index in [-0.39, 0.29) is 13.2 Å². The number of carbonyl (C=O) groups is 1. The molecule has 0 aromatic heterocycles. The molecule has 0 aliphatic heterocycles. The van der Waals surface area contributed by atoms with Gasteiger partial charge in [0.15, 0.2) is 5.78 Å². The van der Waals surface area contributed by atoms with Gasteiger partial charge in [0.1, 0.15) is 5.75 Å². The molecule has 0 atom stereocenters. The predicted molar refractivity (Wildman–Crippen MR) is 125 cm³/mol. The number of fused-ring (bicyclic) bond motifs is 1. The topological polar surface area (TPSA) is 35.5 Å². The molecule has 0 aliphatic rings. The first-order valence-corrected chi connectivity index (χ1v) is 9.55. The summed E-state index contributed by atoms with van der Waals surface area (Å²) in [6.07, 6.45) is 2.13. The third kappa shape index (κ3) is 8.93. The van der Waals surface area contributed by atoms with E-state index >= 15 is 0 Å². The van der Waals surface area contributed by atoms with Gasteiger partial charge in [0.25, 0.3) is 0 Å². The molecular formula is C26H36O3. The van der Waals surface area contributed by atoms with Crippen LogP contribution in [0.2, 0.25) is 0 Å². The van der Waals surface area contributed by atoms with E-state index in [1.54, 1.807) is 28.3 Å². The number of hydrogen-bond donors (Lipinski definition) is 0. The minimum absolute atomic E-state index is 0. The van der Waals surface area contributed by atoms with E-state index in [9.17, 15) is 4.79 Å². The Kier molecular flexibility index (Phi) is 13.0. The molecule has 0 N–H and O–H groups in total. The number of benzene rings is 3. The van der Waals surface area contributed by atoms with Gasteiger partial charge in [-0.2, -0.15) is 0 Å². The lowest BCUT2D eigenvalue weighted by molar-refractivity contribution is 0.101. The third-order valence-electron chi connectivity index (χ3n) is 4.29. The summed E-state index contributed by atoms with van der Waals surface area (Å²) in [5, 5.41) is 2.35. The van der Waals surface area contributed by atoms with Crippen LogP contribution in [0, 0.1) is 0 Å². The average molecular weight is 397 g/mol. The second-order valence-corrected chi connectivity index (χ2v) is 6.42. The van der Waals surface area contributed by atoms with Crippen molar-refractivity contribution < 1.29 is 14.3 Å². The summed E-state index contributed by atoms with van der Waals surface area (Å²) in [7, 11) is 4.93. The second kappa shape index (κ2) is 14.4. The van der Waals surface area contributed by atoms with E-state index in [1.807, 2.05) is 30.3 Å². The standard InChI is InChI=1S/C14H14O.C9H12O.C2H6O.CH4/c1-3-11-4-5-14-9-12(10(2)15)6-7-13(14)8-11;1-3-8-4-6-9(10-2)7-5-8;1-3-2;/h4-9H,3H2,1-2H3;4-7H,3H2,1-2H3;1-2H3;1H4. The van der Waals surface area contributed by atoms with Crippen molar-refractivity contribution >= 4 is 16.6 Å². The van der Waals surface area contributed by atoms with Crippen molar-refractivity contribution in [2.75, 3.05) is 21.3 Å². The average Bonchev–Trinajstić information content (AvgIpc) is 2.74. The van der Waals surface area contributed by atoms with Gasteiger partial charge in [0.2, 0.25) is 0 Å². The zero-order valence-corrected chi connectivity index (χ0v) is 17.9. The molecule has 0 heterocycles. The first-order chi connectivity index (χ1) is 13.5. The Morgan fingerprint density at radius 1 is 0.759 bits per heavy atom. The highest BCUT2D eigenvalue weighted by Gasteiger charge is 2.01. The molecule has 0 spiro atoms. The Morgan fingerprint density at radius 3 is 1.72 bits per heavy atom. The van der Waals surface area contributed by atoms with Crippen LogP contribution in [0.15, 0.2) is 60.7 Å². The van der Waals surface area contributed by atoms with Crippen molar-refractivity contribution in [3.63, 3.8) is 0 Å². The molecule has 3 aromatic carbocycles. The van der Waals surface area contributed by atoms with Crippen molar-refractivity contribution in [1.82, 2.24) is 0 Å². The highest BCUT2D eigenvalue weighted by molar-refractivity contribution is 5.98. The largest absolute Gasteiger partial charge is 0.497 e. The molecule has 0 aliphatic carbocycles. The van der Waals surface area contributed by atoms with Gasteiger partial charge in [0.05, 0.1) is 7.11 Å². The minimum atomic E-state index is 0. The zero-order chi connectivity index (χ0) is 20.9. The summed E-state index contributed by atoms with van der Waals surface area (Å²) in [5.74, 6) is 1.05. The minimum Gasteiger partial charge on any atom is -0.497 e. The van der Waals surface area contributed by atoms with Crippen molar-refractivity contribution in [3.8, 4) is 5.75 Å². The van der Waals surface area contributed by atoms with E-state index in [1.165, 1.54) is 16.5 Å². The summed E-state index contributed by atoms with van der Waals surface area (Å²) in [5.41, 5.74) is 3.46. The number of hydrogen-bond acceptors (Lipinski definition) is 3. The number of carbonyl (C=O) groups excluding carboxylic acids is 1. The first kappa shape index (κ1) is 26.4. The van der Waals surface area contributed by atoms with Crippen molar-refractivity contribution in [2.45, 2.75) is 41.0 Å². The Labute approximate surface area is 176 Å². The Hall–Kier alpha value is -2.65. The second-order valence-electron chi connectivity index (χ2n) is 6.42. The third-order valence-corrected chi connectivity index (χ3v) is 4.29. The van der Waals surface area contributed by atoms with Crippen LogP contribution in [0.4, 0.5) is 0 Å². The molecule has 0 saturated heterocycles. The fourth-order valence-corrected chi connectivity index (χ4v) is 2.60. The highest BCUT2D eigenvalue weighted by Crippen LogP contribution is 2.18. The van der Waals surface area contributed by atoms with Crippen LogP contribution in [0.1, 0.15) is 49.7 Å². The molecule has 0 amide bonds. The van der Waals surface area contributed by atoms with Gasteiger partial charge >= 0.3 is 0 Å². The van der Waals surface area contributed by atoms with Gasteiger partial charge < -0.3 is 9.47 Å². The lowest BCUT2D eigenvalue weighted by Crippen LogP contribution is -1.91. The summed E-state index contributed by atoms with van der Waals surface area (Å²) >= 11 is 0. The summed E-state index contributed by atoms with van der Waals surface area (Å²) in [6.45, 7) is 5.88. The number of ether oxygens (including phenoxy) is 2. The molecule has 0 unspecified atom stereocenters. The van der Waals surface area contributed by atoms with E-state index in [0.717, 1.165) is 29.5 Å². The molecule has 3 rings (SSSR count). The van der Waals surface area contributed by atoms with Crippen LogP contribution in [0.3, 0.4) is 0 Å². The number of aryl methyl sites for hydroxylation is 2. The van der Waals surface area contributed by atoms with E-state index in [4.69, 9.17) is 4.74 Å². The van der Waals surface area contributed by atoms with Crippen molar-refractivity contribution in [3.05, 3.63) is 77.4 Å². The fraction of sp³-hybridized carbons (Fsp3) is 0.346. The zero-order valence-electron chi connectivity index (χ0n) is 17.9. The van der Waals surface area contributed by atoms with E-state index in [2.05, 4.69) is 48.9 Å². The molecule has 3 nitrogen and oxygen atoms in total. The van der Waals surface area contributed by atoms with Crippen LogP contribution >= 0.6 is 0 Å². The molecular weight excluding hydrogens is 360 g/mol. The molecule has 0 fully saturated rings. The monoisotopic (exact) mass is 396 g/mol. The number of rotatable bonds is 4. The molecule has 29 heavy (non-hydrogen) atoms. The van der Waals surface area contributed by atoms with Gasteiger partial charge in [-0.15, -0.1) is 0 Å². The highest BCUT2D eigenvalue weighted by atomic mass is 16.5. The SMILES string of the molecule is C.CCc1ccc(OC)cc1.CCc1ccc2cc(C(C)=O)ccc2c1.COC. The van der Waals surface area contributed by atoms with E-state index in [0.29, 0.717) is 0 Å². The molecule has 158 valence electrons. The molecule has 0 radical (unpaired) electrons. The van der Waals surface area contributed by atoms with Crippen molar-refractivity contribution in [2.24, 2.45) is 0 Å². The van der Waals surface area contributed by atoms with Crippen LogP contribution in [-0.2, 0) is 17.6 Å². The van der Waals surface area contributed by atoms with Crippen LogP contribution in [0.25, 0.3) is 10.8 Å². The maximum atomic E-state index is 11.2. The van der Waals surface area contributed by atoms with E-state index < -0.39 is 0 Å². The van der Waals surface area contributed by atoms with Crippen LogP contribution in [-0.4, -0.2) is 27.1 Å². The first-order valence-electron chi connectivity index (χ1n) is 9.55. The number of methoxy groups -OCH3 is 2. The van der Waals surface area contributed by atoms with Gasteiger partial charge in [-0.3, -0.25) is 4.79 Å². The predicted octanol–water partition coefficient (Wildman–Crippen LogP) is 6.76. The number of Topliss-reactive ketones (excluding diaryl/α,β-unsaturated/α-hetero) is 1. The summed E-state index contributed by atoms with van der Waals surface area (Å²) < 4.78 is 9.26. The van der Waals surface area contributed by atoms with Crippen LogP contribution in [0.5, 0.6) is 5.75 Å². The fourth-order valence-electron chi connectivity index (χ4n) is 2.60. The quantitative estimate of drug-likeness (QED) is 0.457. The number of ketones is 1. The lowest BCUT2D eigenvalue weighted by Gasteiger charge is -2.02. The molecule has 3 aromatic rings. The smallest absolute Gasteiger partial charge is 0.159 e. The Morgan fingerprint density at radius 2 is 1.24 bits per heavy atom. The van der Waals surface area contributed by atoms with Crippen LogP contribution < -0.4 is 4.74 Å². The Balaban J connectivity index is 0.000000489. The maximum absolute atomic E-state index is 11.2. The lowest BCUT2D eigenvalue weighted by atomic mass is 10.0. The van der Waals surface area contributed by atoms with Gasteiger partial charge in [-0.05, 0) is 59.9 Å². The normalized spacial score (nSPS) is 9.31.